The number of hydrogen-bond acceptors (Lipinski definition) is 8. The third-order valence-electron chi connectivity index (χ3n) is 8.23. The summed E-state index contributed by atoms with van der Waals surface area (Å²) in [6.07, 6.45) is 18.9. The molecule has 0 atom stereocenters. The zero-order valence-corrected chi connectivity index (χ0v) is 25.0. The van der Waals surface area contributed by atoms with Gasteiger partial charge in [0.1, 0.15) is 11.9 Å². The van der Waals surface area contributed by atoms with Crippen LogP contribution < -0.4 is 0 Å². The van der Waals surface area contributed by atoms with E-state index in [0.717, 1.165) is 101 Å². The molecular formula is C33H52O8. The summed E-state index contributed by atoms with van der Waals surface area (Å²) in [7, 11) is 0. The minimum Gasteiger partial charge on any atom is -0.463 e. The Morgan fingerprint density at radius 1 is 0.585 bits per heavy atom. The monoisotopic (exact) mass is 576 g/mol. The van der Waals surface area contributed by atoms with Crippen LogP contribution in [0.5, 0.6) is 0 Å². The Morgan fingerprint density at radius 2 is 1.10 bits per heavy atom. The van der Waals surface area contributed by atoms with Crippen molar-refractivity contribution < 1.29 is 38.1 Å². The first-order valence-corrected chi connectivity index (χ1v) is 15.8. The lowest BCUT2D eigenvalue weighted by Gasteiger charge is -2.34. The lowest BCUT2D eigenvalue weighted by Crippen LogP contribution is -2.27. The number of rotatable bonds is 21. The van der Waals surface area contributed by atoms with Gasteiger partial charge in [-0.25, -0.2) is 9.59 Å². The molecule has 0 bridgehead atoms. The molecule has 0 amide bonds. The second-order valence-corrected chi connectivity index (χ2v) is 11.5. The first-order valence-electron chi connectivity index (χ1n) is 15.8. The van der Waals surface area contributed by atoms with Crippen molar-refractivity contribution >= 4 is 23.7 Å². The van der Waals surface area contributed by atoms with Crippen LogP contribution >= 0.6 is 0 Å². The predicted octanol–water partition coefficient (Wildman–Crippen LogP) is 6.59. The summed E-state index contributed by atoms with van der Waals surface area (Å²) in [5, 5.41) is 0. The highest BCUT2D eigenvalue weighted by atomic mass is 16.5. The smallest absolute Gasteiger partial charge is 0.330 e. The topological polar surface area (TPSA) is 105 Å². The largest absolute Gasteiger partial charge is 0.463 e. The number of carbonyl (C=O) groups is 4. The van der Waals surface area contributed by atoms with Crippen LogP contribution in [0.2, 0.25) is 0 Å². The lowest BCUT2D eigenvalue weighted by molar-refractivity contribution is -0.151. The molecule has 2 aliphatic rings. The maximum Gasteiger partial charge on any atom is 0.330 e. The Labute approximate surface area is 246 Å². The van der Waals surface area contributed by atoms with Gasteiger partial charge in [0, 0.05) is 31.4 Å². The van der Waals surface area contributed by atoms with Gasteiger partial charge < -0.3 is 18.9 Å². The average Bonchev–Trinajstić information content (AvgIpc) is 2.98. The van der Waals surface area contributed by atoms with E-state index in [4.69, 9.17) is 18.9 Å². The predicted molar refractivity (Wildman–Crippen MR) is 157 cm³/mol. The summed E-state index contributed by atoms with van der Waals surface area (Å²) < 4.78 is 21.6. The van der Waals surface area contributed by atoms with Crippen molar-refractivity contribution in [1.82, 2.24) is 0 Å². The lowest BCUT2D eigenvalue weighted by atomic mass is 9.76. The normalized spacial score (nSPS) is 22.3. The van der Waals surface area contributed by atoms with Gasteiger partial charge in [0.15, 0.2) is 0 Å². The van der Waals surface area contributed by atoms with Gasteiger partial charge in [0.2, 0.25) is 0 Å². The van der Waals surface area contributed by atoms with E-state index in [2.05, 4.69) is 13.2 Å². The van der Waals surface area contributed by atoms with E-state index in [-0.39, 0.29) is 24.0 Å². The number of ether oxygens (including phenoxy) is 4. The maximum absolute atomic E-state index is 12.2. The van der Waals surface area contributed by atoms with Crippen LogP contribution in [0.25, 0.3) is 0 Å². The molecule has 0 N–H and O–H groups in total. The van der Waals surface area contributed by atoms with Crippen LogP contribution in [0.4, 0.5) is 0 Å². The first-order chi connectivity index (χ1) is 19.9. The number of ketones is 1. The number of hydrogen-bond donors (Lipinski definition) is 0. The van der Waals surface area contributed by atoms with Crippen LogP contribution in [-0.4, -0.2) is 55.7 Å². The van der Waals surface area contributed by atoms with Crippen LogP contribution in [-0.2, 0) is 38.1 Å². The van der Waals surface area contributed by atoms with E-state index in [1.165, 1.54) is 19.3 Å². The van der Waals surface area contributed by atoms with Crippen molar-refractivity contribution in [3.63, 3.8) is 0 Å². The number of Topliss-reactive ketones (excluding diaryl/α,β-unsaturated/α-hetero) is 1. The van der Waals surface area contributed by atoms with Gasteiger partial charge in [-0.2, -0.15) is 0 Å². The molecule has 0 aromatic heterocycles. The van der Waals surface area contributed by atoms with Gasteiger partial charge in [0.05, 0.1) is 25.9 Å². The summed E-state index contributed by atoms with van der Waals surface area (Å²) in [6, 6.07) is 0. The first kappa shape index (κ1) is 34.7. The molecule has 41 heavy (non-hydrogen) atoms. The molecule has 0 spiro atoms. The molecule has 2 rings (SSSR count). The number of carbonyl (C=O) groups excluding carboxylic acids is 4. The second kappa shape index (κ2) is 21.3. The molecule has 0 aliphatic heterocycles. The number of unbranched alkanes of at least 4 members (excludes halogenated alkanes) is 4. The van der Waals surface area contributed by atoms with Gasteiger partial charge in [-0.3, -0.25) is 9.59 Å². The van der Waals surface area contributed by atoms with Crippen LogP contribution in [0.15, 0.2) is 25.3 Å². The molecule has 0 radical (unpaired) electrons. The van der Waals surface area contributed by atoms with Crippen molar-refractivity contribution in [2.24, 2.45) is 11.8 Å². The summed E-state index contributed by atoms with van der Waals surface area (Å²) >= 11 is 0. The fraction of sp³-hybridized carbons (Fsp3) is 0.758. The third-order valence-corrected chi connectivity index (χ3v) is 8.23. The molecule has 8 heteroatoms. The molecule has 0 heterocycles. The van der Waals surface area contributed by atoms with Gasteiger partial charge in [-0.15, -0.1) is 0 Å². The molecule has 0 aromatic rings. The van der Waals surface area contributed by atoms with Gasteiger partial charge in [-0.05, 0) is 108 Å². The van der Waals surface area contributed by atoms with Gasteiger partial charge >= 0.3 is 17.9 Å². The Morgan fingerprint density at radius 3 is 1.63 bits per heavy atom. The van der Waals surface area contributed by atoms with Crippen molar-refractivity contribution in [3.8, 4) is 0 Å². The van der Waals surface area contributed by atoms with E-state index in [1.807, 2.05) is 0 Å². The standard InChI is InChI=1S/C33H52O8/c1-3-31(35)39-22-9-5-7-11-28(34)21-24-38-29-17-13-26(14-18-29)25-27-15-19-30(20-16-27)41-33(37)12-8-6-10-23-40-32(36)4-2/h3-4,26-27,29-30H,1-2,5-25H2. The van der Waals surface area contributed by atoms with Gasteiger partial charge in [0.25, 0.3) is 0 Å². The molecule has 2 fully saturated rings. The summed E-state index contributed by atoms with van der Waals surface area (Å²) in [5.74, 6) is 0.790. The van der Waals surface area contributed by atoms with Crippen molar-refractivity contribution in [2.45, 2.75) is 128 Å². The highest BCUT2D eigenvalue weighted by molar-refractivity contribution is 5.81. The molecule has 8 nitrogen and oxygen atoms in total. The van der Waals surface area contributed by atoms with Crippen LogP contribution in [0.1, 0.15) is 116 Å². The fourth-order valence-corrected chi connectivity index (χ4v) is 5.81. The minimum absolute atomic E-state index is 0.0566. The zero-order valence-electron chi connectivity index (χ0n) is 25.0. The fourth-order valence-electron chi connectivity index (χ4n) is 5.81. The quantitative estimate of drug-likeness (QED) is 0.0652. The van der Waals surface area contributed by atoms with E-state index in [1.54, 1.807) is 0 Å². The van der Waals surface area contributed by atoms with E-state index < -0.39 is 11.9 Å². The molecular weight excluding hydrogens is 524 g/mol. The molecule has 0 saturated heterocycles. The number of esters is 3. The average molecular weight is 577 g/mol. The van der Waals surface area contributed by atoms with Crippen molar-refractivity contribution in [3.05, 3.63) is 25.3 Å². The summed E-state index contributed by atoms with van der Waals surface area (Å²) in [4.78, 5) is 46.3. The molecule has 2 aliphatic carbocycles. The Kier molecular flexibility index (Phi) is 18.0. The van der Waals surface area contributed by atoms with E-state index >= 15 is 0 Å². The second-order valence-electron chi connectivity index (χ2n) is 11.5. The zero-order chi connectivity index (χ0) is 29.7. The molecule has 2 saturated carbocycles. The minimum atomic E-state index is -0.408. The Balaban J connectivity index is 1.44. The van der Waals surface area contributed by atoms with Crippen molar-refractivity contribution in [1.29, 1.82) is 0 Å². The SMILES string of the molecule is C=CC(=O)OCCCCCC(=O)CCOC1CCC(CC2CCC(OC(=O)CCCCCOC(=O)C=C)CC2)CC1. The highest BCUT2D eigenvalue weighted by Crippen LogP contribution is 2.36. The highest BCUT2D eigenvalue weighted by Gasteiger charge is 2.28. The van der Waals surface area contributed by atoms with Crippen LogP contribution in [0, 0.1) is 11.8 Å². The van der Waals surface area contributed by atoms with E-state index in [0.29, 0.717) is 39.1 Å². The molecule has 0 unspecified atom stereocenters. The third kappa shape index (κ3) is 16.5. The van der Waals surface area contributed by atoms with Crippen molar-refractivity contribution in [2.75, 3.05) is 19.8 Å². The Bertz CT molecular complexity index is 806. The molecule has 0 aromatic carbocycles. The summed E-state index contributed by atoms with van der Waals surface area (Å²) in [5.41, 5.74) is 0. The van der Waals surface area contributed by atoms with Gasteiger partial charge in [-0.1, -0.05) is 13.2 Å². The van der Waals surface area contributed by atoms with E-state index in [9.17, 15) is 19.2 Å². The Hall–Kier alpha value is -2.48. The van der Waals surface area contributed by atoms with Crippen LogP contribution in [0.3, 0.4) is 0 Å². The molecule has 232 valence electrons. The summed E-state index contributed by atoms with van der Waals surface area (Å²) in [6.45, 7) is 7.98. The maximum atomic E-state index is 12.2.